The Morgan fingerprint density at radius 3 is 2.55 bits per heavy atom. The number of hydrogen-bond acceptors (Lipinski definition) is 5. The molecular formula is C29H44N4O4S. The van der Waals surface area contributed by atoms with Gasteiger partial charge in [-0.2, -0.15) is 0 Å². The van der Waals surface area contributed by atoms with Crippen molar-refractivity contribution in [2.45, 2.75) is 82.4 Å². The number of unbranched alkanes of at least 4 members (excludes halogenated alkanes) is 3. The molecule has 210 valence electrons. The normalized spacial score (nSPS) is 23.3. The van der Waals surface area contributed by atoms with Crippen LogP contribution in [0, 0.1) is 11.8 Å². The van der Waals surface area contributed by atoms with E-state index in [2.05, 4.69) is 35.7 Å². The van der Waals surface area contributed by atoms with E-state index in [-0.39, 0.29) is 12.5 Å². The van der Waals surface area contributed by atoms with Crippen LogP contribution in [-0.2, 0) is 19.6 Å². The van der Waals surface area contributed by atoms with E-state index in [1.807, 2.05) is 30.3 Å². The van der Waals surface area contributed by atoms with Crippen molar-refractivity contribution in [3.63, 3.8) is 0 Å². The van der Waals surface area contributed by atoms with Crippen molar-refractivity contribution in [1.82, 2.24) is 9.62 Å². The molecule has 3 aliphatic rings. The fourth-order valence-corrected chi connectivity index (χ4v) is 6.01. The molecule has 1 saturated heterocycles. The van der Waals surface area contributed by atoms with E-state index >= 15 is 0 Å². The summed E-state index contributed by atoms with van der Waals surface area (Å²) in [6, 6.07) is 9.06. The van der Waals surface area contributed by atoms with E-state index in [1.54, 1.807) is 11.8 Å². The van der Waals surface area contributed by atoms with Gasteiger partial charge in [-0.1, -0.05) is 56.7 Å². The van der Waals surface area contributed by atoms with E-state index in [0.717, 1.165) is 37.8 Å². The summed E-state index contributed by atoms with van der Waals surface area (Å²) >= 11 is 0. The third kappa shape index (κ3) is 8.35. The first-order valence-corrected chi connectivity index (χ1v) is 15.3. The lowest BCUT2D eigenvalue weighted by molar-refractivity contribution is -0.135. The number of nitrogens with one attached hydrogen (secondary N) is 2. The zero-order valence-electron chi connectivity index (χ0n) is 22.8. The molecule has 38 heavy (non-hydrogen) atoms. The molecule has 0 radical (unpaired) electrons. The zero-order valence-corrected chi connectivity index (χ0v) is 23.6. The van der Waals surface area contributed by atoms with Gasteiger partial charge in [0.05, 0.1) is 11.3 Å². The second kappa shape index (κ2) is 13.3. The van der Waals surface area contributed by atoms with Crippen molar-refractivity contribution in [3.05, 3.63) is 54.8 Å². The summed E-state index contributed by atoms with van der Waals surface area (Å²) in [5, 5.41) is 3.04. The molecule has 2 aliphatic carbocycles. The maximum Gasteiger partial charge on any atom is 0.242 e. The molecule has 1 heterocycles. The summed E-state index contributed by atoms with van der Waals surface area (Å²) in [4.78, 5) is 24.8. The Balaban J connectivity index is 0.000000212. The van der Waals surface area contributed by atoms with E-state index < -0.39 is 26.7 Å². The molecular weight excluding hydrogens is 500 g/mol. The molecule has 3 atom stereocenters. The summed E-state index contributed by atoms with van der Waals surface area (Å²) in [6.07, 6.45) is 13.5. The maximum atomic E-state index is 12.1. The fraction of sp³-hybridized carbons (Fsp3) is 0.586. The zero-order chi connectivity index (χ0) is 27.8. The van der Waals surface area contributed by atoms with Gasteiger partial charge in [0.15, 0.2) is 0 Å². The number of anilines is 1. The first-order chi connectivity index (χ1) is 18.1. The molecule has 4 rings (SSSR count). The summed E-state index contributed by atoms with van der Waals surface area (Å²) in [6.45, 7) is 8.74. The van der Waals surface area contributed by atoms with Crippen molar-refractivity contribution in [1.29, 1.82) is 0 Å². The molecule has 0 aromatic heterocycles. The van der Waals surface area contributed by atoms with E-state index in [0.29, 0.717) is 30.5 Å². The first-order valence-electron chi connectivity index (χ1n) is 13.8. The number of primary amides is 1. The summed E-state index contributed by atoms with van der Waals surface area (Å²) in [5.74, 6) is 0.286. The largest absolute Gasteiger partial charge is 0.376 e. The number of benzene rings is 1. The molecule has 1 aliphatic heterocycles. The second-order valence-corrected chi connectivity index (χ2v) is 13.1. The van der Waals surface area contributed by atoms with Crippen molar-refractivity contribution >= 4 is 27.5 Å². The minimum Gasteiger partial charge on any atom is -0.376 e. The quantitative estimate of drug-likeness (QED) is 0.252. The highest BCUT2D eigenvalue weighted by atomic mass is 32.2. The van der Waals surface area contributed by atoms with Crippen LogP contribution >= 0.6 is 0 Å². The van der Waals surface area contributed by atoms with Crippen LogP contribution in [0.25, 0.3) is 0 Å². The monoisotopic (exact) mass is 544 g/mol. The Labute approximate surface area is 228 Å². The molecule has 0 bridgehead atoms. The molecule has 0 spiro atoms. The highest BCUT2D eigenvalue weighted by Gasteiger charge is 2.51. The number of likely N-dealkylation sites (tertiary alicyclic amines) is 1. The van der Waals surface area contributed by atoms with Gasteiger partial charge < -0.3 is 16.0 Å². The van der Waals surface area contributed by atoms with Gasteiger partial charge in [-0.05, 0) is 69.9 Å². The minimum atomic E-state index is -3.22. The molecule has 9 heteroatoms. The van der Waals surface area contributed by atoms with E-state index in [9.17, 15) is 18.0 Å². The lowest BCUT2D eigenvalue weighted by atomic mass is 10.2. The number of nitrogens with two attached hydrogens (primary N) is 1. The summed E-state index contributed by atoms with van der Waals surface area (Å²) in [5.41, 5.74) is 6.85. The SMILES string of the molecule is C=C(NS(=O)(=O)C1(C)CC1)C1CC1/C=C\CCCCC.NC(=O)C1CCCN1C(=O)CNc1ccccc1. The molecule has 1 aromatic rings. The number of carbonyl (C=O) groups excluding carboxylic acids is 2. The Morgan fingerprint density at radius 1 is 1.21 bits per heavy atom. The third-order valence-corrected chi connectivity index (χ3v) is 9.87. The highest BCUT2D eigenvalue weighted by molar-refractivity contribution is 7.91. The van der Waals surface area contributed by atoms with E-state index in [4.69, 9.17) is 5.73 Å². The topological polar surface area (TPSA) is 122 Å². The molecule has 2 saturated carbocycles. The summed E-state index contributed by atoms with van der Waals surface area (Å²) < 4.78 is 26.4. The Kier molecular flexibility index (Phi) is 10.4. The Morgan fingerprint density at radius 2 is 1.92 bits per heavy atom. The maximum absolute atomic E-state index is 12.1. The fourth-order valence-electron chi connectivity index (χ4n) is 4.62. The standard InChI is InChI=1S/C16H27NO2S.C13H17N3O2/c1-4-5-6-7-8-9-14-12-15(14)13(2)17-20(18,19)16(3)10-11-16;14-13(18)11-7-4-8-16(11)12(17)9-15-10-5-2-1-3-6-10/h8-9,14-15,17H,2,4-7,10-12H2,1,3H3;1-3,5-6,11,15H,4,7-9H2,(H2,14,18)/b9-8-;. The number of sulfonamides is 1. The van der Waals surface area contributed by atoms with Gasteiger partial charge in [0.25, 0.3) is 0 Å². The lowest BCUT2D eigenvalue weighted by Gasteiger charge is -2.22. The first kappa shape index (κ1) is 29.7. The van der Waals surface area contributed by atoms with Crippen LogP contribution in [-0.4, -0.2) is 49.0 Å². The van der Waals surface area contributed by atoms with Crippen LogP contribution in [0.1, 0.15) is 71.6 Å². The van der Waals surface area contributed by atoms with Crippen molar-refractivity contribution in [2.24, 2.45) is 17.6 Å². The average Bonchev–Trinajstić information content (AvgIpc) is 3.78. The third-order valence-electron chi connectivity index (χ3n) is 7.63. The van der Waals surface area contributed by atoms with Crippen molar-refractivity contribution < 1.29 is 18.0 Å². The van der Waals surface area contributed by atoms with Crippen LogP contribution in [0.5, 0.6) is 0 Å². The number of amides is 2. The van der Waals surface area contributed by atoms with Gasteiger partial charge in [0.1, 0.15) is 6.04 Å². The van der Waals surface area contributed by atoms with Gasteiger partial charge in [0, 0.05) is 23.8 Å². The van der Waals surface area contributed by atoms with Gasteiger partial charge >= 0.3 is 0 Å². The number of para-hydroxylation sites is 1. The van der Waals surface area contributed by atoms with Crippen LogP contribution in [0.2, 0.25) is 0 Å². The van der Waals surface area contributed by atoms with Crippen LogP contribution < -0.4 is 15.8 Å². The molecule has 3 fully saturated rings. The molecule has 1 aromatic carbocycles. The molecule has 2 amide bonds. The van der Waals surface area contributed by atoms with E-state index in [1.165, 1.54) is 19.3 Å². The minimum absolute atomic E-state index is 0.0832. The predicted molar refractivity (Wildman–Crippen MR) is 153 cm³/mol. The van der Waals surface area contributed by atoms with Gasteiger partial charge in [-0.25, -0.2) is 8.42 Å². The van der Waals surface area contributed by atoms with Gasteiger partial charge in [0.2, 0.25) is 21.8 Å². The number of rotatable bonds is 13. The number of carbonyl (C=O) groups is 2. The Bertz CT molecular complexity index is 1100. The smallest absolute Gasteiger partial charge is 0.242 e. The van der Waals surface area contributed by atoms with Crippen LogP contribution in [0.3, 0.4) is 0 Å². The molecule has 4 N–H and O–H groups in total. The second-order valence-electron chi connectivity index (χ2n) is 10.9. The molecule has 3 unspecified atom stereocenters. The lowest BCUT2D eigenvalue weighted by Crippen LogP contribution is -2.45. The predicted octanol–water partition coefficient (Wildman–Crippen LogP) is 4.32. The van der Waals surface area contributed by atoms with Gasteiger partial charge in [-0.15, -0.1) is 0 Å². The van der Waals surface area contributed by atoms with Crippen LogP contribution in [0.15, 0.2) is 54.8 Å². The highest BCUT2D eigenvalue weighted by Crippen LogP contribution is 2.46. The summed E-state index contributed by atoms with van der Waals surface area (Å²) in [7, 11) is -3.22. The van der Waals surface area contributed by atoms with Gasteiger partial charge in [-0.3, -0.25) is 14.3 Å². The van der Waals surface area contributed by atoms with Crippen molar-refractivity contribution in [3.8, 4) is 0 Å². The Hall–Kier alpha value is -2.81. The van der Waals surface area contributed by atoms with Crippen LogP contribution in [0.4, 0.5) is 5.69 Å². The number of allylic oxidation sites excluding steroid dienone is 3. The number of nitrogens with zero attached hydrogens (tertiary/aromatic N) is 1. The molecule has 8 nitrogen and oxygen atoms in total. The number of hydrogen-bond donors (Lipinski definition) is 3. The average molecular weight is 545 g/mol. The van der Waals surface area contributed by atoms with Crippen molar-refractivity contribution in [2.75, 3.05) is 18.4 Å².